The van der Waals surface area contributed by atoms with Crippen LogP contribution in [0.25, 0.3) is 0 Å². The average molecular weight is 345 g/mol. The molecule has 0 amide bonds. The first kappa shape index (κ1) is 14.7. The number of piperidine rings is 1. The van der Waals surface area contributed by atoms with Gasteiger partial charge in [-0.3, -0.25) is 4.99 Å². The molecular weight excluding hydrogens is 326 g/mol. The second kappa shape index (κ2) is 7.15. The van der Waals surface area contributed by atoms with E-state index in [0.29, 0.717) is 12.5 Å². The van der Waals surface area contributed by atoms with Gasteiger partial charge in [0.05, 0.1) is 0 Å². The second-order valence-electron chi connectivity index (χ2n) is 4.77. The highest BCUT2D eigenvalue weighted by molar-refractivity contribution is 9.10. The maximum absolute atomic E-state index is 6.02. The molecule has 1 saturated heterocycles. The molecule has 3 nitrogen and oxygen atoms in total. The van der Waals surface area contributed by atoms with E-state index in [0.717, 1.165) is 29.0 Å². The third-order valence-corrected chi connectivity index (χ3v) is 4.35. The fourth-order valence-electron chi connectivity index (χ4n) is 2.25. The molecular formula is C14H19BrClN3. The van der Waals surface area contributed by atoms with E-state index >= 15 is 0 Å². The second-order valence-corrected chi connectivity index (χ2v) is 6.06. The van der Waals surface area contributed by atoms with Crippen molar-refractivity contribution in [1.29, 1.82) is 0 Å². The van der Waals surface area contributed by atoms with Gasteiger partial charge in [0.2, 0.25) is 0 Å². The van der Waals surface area contributed by atoms with E-state index in [2.05, 4.69) is 25.8 Å². The Morgan fingerprint density at radius 2 is 2.05 bits per heavy atom. The van der Waals surface area contributed by atoms with Crippen molar-refractivity contribution in [2.45, 2.75) is 25.7 Å². The minimum atomic E-state index is 0.679. The zero-order chi connectivity index (χ0) is 13.7. The Labute approximate surface area is 128 Å². The van der Waals surface area contributed by atoms with Gasteiger partial charge in [0.25, 0.3) is 0 Å². The zero-order valence-corrected chi connectivity index (χ0v) is 13.3. The van der Waals surface area contributed by atoms with E-state index in [9.17, 15) is 0 Å². The van der Waals surface area contributed by atoms with Gasteiger partial charge in [-0.25, -0.2) is 0 Å². The molecule has 1 heterocycles. The van der Waals surface area contributed by atoms with Crippen LogP contribution in [0.3, 0.4) is 0 Å². The van der Waals surface area contributed by atoms with Crippen molar-refractivity contribution in [2.24, 2.45) is 10.7 Å². The maximum atomic E-state index is 6.02. The van der Waals surface area contributed by atoms with Crippen LogP contribution in [0.1, 0.15) is 24.8 Å². The third kappa shape index (κ3) is 4.39. The molecule has 104 valence electrons. The highest BCUT2D eigenvalue weighted by atomic mass is 79.9. The molecule has 2 N–H and O–H groups in total. The Kier molecular flexibility index (Phi) is 5.52. The lowest BCUT2D eigenvalue weighted by molar-refractivity contribution is 0.338. The smallest absolute Gasteiger partial charge is 0.191 e. The van der Waals surface area contributed by atoms with Crippen LogP contribution in [-0.4, -0.2) is 30.5 Å². The Balaban J connectivity index is 1.89. The van der Waals surface area contributed by atoms with Gasteiger partial charge in [-0.1, -0.05) is 27.5 Å². The summed E-state index contributed by atoms with van der Waals surface area (Å²) in [6, 6.07) is 5.81. The molecule has 0 aromatic heterocycles. The van der Waals surface area contributed by atoms with Crippen LogP contribution in [0.5, 0.6) is 0 Å². The number of guanidine groups is 1. The average Bonchev–Trinajstić information content (AvgIpc) is 2.43. The Morgan fingerprint density at radius 1 is 1.32 bits per heavy atom. The Morgan fingerprint density at radius 3 is 2.79 bits per heavy atom. The summed E-state index contributed by atoms with van der Waals surface area (Å²) in [4.78, 5) is 6.65. The van der Waals surface area contributed by atoms with Gasteiger partial charge in [0, 0.05) is 29.1 Å². The number of rotatable bonds is 3. The van der Waals surface area contributed by atoms with Crippen molar-refractivity contribution in [3.8, 4) is 0 Å². The lowest BCUT2D eigenvalue weighted by Crippen LogP contribution is -2.41. The molecule has 1 aliphatic rings. The molecule has 0 spiro atoms. The summed E-state index contributed by atoms with van der Waals surface area (Å²) in [5.41, 5.74) is 7.19. The van der Waals surface area contributed by atoms with Crippen molar-refractivity contribution in [3.05, 3.63) is 33.3 Å². The minimum absolute atomic E-state index is 0.679. The van der Waals surface area contributed by atoms with Gasteiger partial charge >= 0.3 is 0 Å². The van der Waals surface area contributed by atoms with Crippen LogP contribution in [0, 0.1) is 0 Å². The topological polar surface area (TPSA) is 41.6 Å². The lowest BCUT2D eigenvalue weighted by atomic mass is 10.1. The summed E-state index contributed by atoms with van der Waals surface area (Å²) in [7, 11) is 0. The third-order valence-electron chi connectivity index (χ3n) is 3.34. The minimum Gasteiger partial charge on any atom is -0.370 e. The molecule has 0 aliphatic carbocycles. The number of hydrogen-bond acceptors (Lipinski definition) is 1. The van der Waals surface area contributed by atoms with Crippen LogP contribution >= 0.6 is 27.5 Å². The molecule has 5 heteroatoms. The van der Waals surface area contributed by atoms with Crippen LogP contribution in [0.2, 0.25) is 5.02 Å². The van der Waals surface area contributed by atoms with Gasteiger partial charge in [-0.05, 0) is 49.4 Å². The van der Waals surface area contributed by atoms with Crippen molar-refractivity contribution >= 4 is 33.5 Å². The van der Waals surface area contributed by atoms with Crippen LogP contribution in [0.15, 0.2) is 27.7 Å². The maximum Gasteiger partial charge on any atom is 0.191 e. The molecule has 0 unspecified atom stereocenters. The monoisotopic (exact) mass is 343 g/mol. The quantitative estimate of drug-likeness (QED) is 0.674. The molecule has 2 rings (SSSR count). The molecule has 1 aromatic rings. The number of likely N-dealkylation sites (tertiary alicyclic amines) is 1. The highest BCUT2D eigenvalue weighted by Gasteiger charge is 2.11. The number of nitrogens with zero attached hydrogens (tertiary/aromatic N) is 2. The summed E-state index contributed by atoms with van der Waals surface area (Å²) >= 11 is 9.52. The molecule has 0 bridgehead atoms. The van der Waals surface area contributed by atoms with Crippen LogP contribution < -0.4 is 5.73 Å². The van der Waals surface area contributed by atoms with Crippen LogP contribution in [0.4, 0.5) is 0 Å². The number of aliphatic imine (C=N–C) groups is 1. The first-order valence-electron chi connectivity index (χ1n) is 6.65. The number of benzene rings is 1. The SMILES string of the molecule is NC(=NCCc1cc(Cl)ccc1Br)N1CCCCC1. The fraction of sp³-hybridized carbons (Fsp3) is 0.500. The summed E-state index contributed by atoms with van der Waals surface area (Å²) in [5, 5.41) is 0.756. The van der Waals surface area contributed by atoms with E-state index in [1.807, 2.05) is 18.2 Å². The first-order chi connectivity index (χ1) is 9.16. The van der Waals surface area contributed by atoms with Crippen molar-refractivity contribution in [1.82, 2.24) is 4.90 Å². The first-order valence-corrected chi connectivity index (χ1v) is 7.83. The summed E-state index contributed by atoms with van der Waals surface area (Å²) in [5.74, 6) is 0.679. The van der Waals surface area contributed by atoms with Gasteiger partial charge in [-0.15, -0.1) is 0 Å². The molecule has 1 aromatic carbocycles. The van der Waals surface area contributed by atoms with E-state index in [1.54, 1.807) is 0 Å². The molecule has 0 atom stereocenters. The predicted molar refractivity (Wildman–Crippen MR) is 84.8 cm³/mol. The number of halogens is 2. The molecule has 1 fully saturated rings. The van der Waals surface area contributed by atoms with Gasteiger partial charge in [0.15, 0.2) is 5.96 Å². The zero-order valence-electron chi connectivity index (χ0n) is 10.9. The van der Waals surface area contributed by atoms with Gasteiger partial charge < -0.3 is 10.6 Å². The molecule has 0 radical (unpaired) electrons. The molecule has 1 aliphatic heterocycles. The van der Waals surface area contributed by atoms with E-state index in [-0.39, 0.29) is 0 Å². The largest absolute Gasteiger partial charge is 0.370 e. The lowest BCUT2D eigenvalue weighted by Gasteiger charge is -2.27. The van der Waals surface area contributed by atoms with E-state index in [4.69, 9.17) is 17.3 Å². The standard InChI is InChI=1S/C14H19BrClN3/c15-13-5-4-12(16)10-11(13)6-7-18-14(17)19-8-2-1-3-9-19/h4-5,10H,1-3,6-9H2,(H2,17,18). The molecule has 19 heavy (non-hydrogen) atoms. The van der Waals surface area contributed by atoms with Crippen molar-refractivity contribution < 1.29 is 0 Å². The summed E-state index contributed by atoms with van der Waals surface area (Å²) < 4.78 is 1.07. The Bertz CT molecular complexity index is 456. The Hall–Kier alpha value is -0.740. The van der Waals surface area contributed by atoms with Crippen molar-refractivity contribution in [3.63, 3.8) is 0 Å². The fourth-order valence-corrected chi connectivity index (χ4v) is 2.89. The van der Waals surface area contributed by atoms with Gasteiger partial charge in [0.1, 0.15) is 0 Å². The normalized spacial score (nSPS) is 16.7. The van der Waals surface area contributed by atoms with Gasteiger partial charge in [-0.2, -0.15) is 0 Å². The van der Waals surface area contributed by atoms with Crippen LogP contribution in [-0.2, 0) is 6.42 Å². The number of hydrogen-bond donors (Lipinski definition) is 1. The summed E-state index contributed by atoms with van der Waals surface area (Å²) in [6.07, 6.45) is 4.58. The number of nitrogens with two attached hydrogens (primary N) is 1. The summed E-state index contributed by atoms with van der Waals surface area (Å²) in [6.45, 7) is 2.77. The highest BCUT2D eigenvalue weighted by Crippen LogP contribution is 2.21. The van der Waals surface area contributed by atoms with E-state index in [1.165, 1.54) is 24.8 Å². The van der Waals surface area contributed by atoms with Crippen molar-refractivity contribution in [2.75, 3.05) is 19.6 Å². The molecule has 0 saturated carbocycles. The predicted octanol–water partition coefficient (Wildman–Crippen LogP) is 3.45. The van der Waals surface area contributed by atoms with E-state index < -0.39 is 0 Å².